The Kier molecular flexibility index (Phi) is 3.12. The maximum Gasteiger partial charge on any atom is 0.229 e. The fourth-order valence-electron chi connectivity index (χ4n) is 1.42. The third-order valence-electron chi connectivity index (χ3n) is 2.16. The first-order valence-electron chi connectivity index (χ1n) is 4.68. The van der Waals surface area contributed by atoms with Crippen molar-refractivity contribution >= 4 is 23.2 Å². The normalized spacial score (nSPS) is 10.8. The Bertz CT molecular complexity index is 525. The molecule has 0 bridgehead atoms. The van der Waals surface area contributed by atoms with Crippen molar-refractivity contribution in [3.63, 3.8) is 0 Å². The van der Waals surface area contributed by atoms with E-state index in [-0.39, 0.29) is 11.0 Å². The largest absolute Gasteiger partial charge is 0.267 e. The molecule has 0 aliphatic heterocycles. The van der Waals surface area contributed by atoms with Crippen LogP contribution in [0.4, 0.5) is 4.39 Å². The highest BCUT2D eigenvalue weighted by Gasteiger charge is 2.14. The van der Waals surface area contributed by atoms with Crippen LogP contribution in [0.5, 0.6) is 0 Å². The molecule has 0 atom stereocenters. The van der Waals surface area contributed by atoms with Gasteiger partial charge in [0.05, 0.1) is 5.69 Å². The molecule has 0 saturated heterocycles. The van der Waals surface area contributed by atoms with Crippen molar-refractivity contribution in [3.05, 3.63) is 40.1 Å². The Balaban J connectivity index is 2.66. The van der Waals surface area contributed by atoms with Crippen molar-refractivity contribution < 1.29 is 4.39 Å². The number of aryl methyl sites for hydroxylation is 1. The molecule has 0 N–H and O–H groups in total. The summed E-state index contributed by atoms with van der Waals surface area (Å²) < 4.78 is 15.1. The lowest BCUT2D eigenvalue weighted by molar-refractivity contribution is 0.615. The van der Waals surface area contributed by atoms with Crippen molar-refractivity contribution in [2.75, 3.05) is 0 Å². The first-order valence-corrected chi connectivity index (χ1v) is 5.44. The van der Waals surface area contributed by atoms with E-state index in [1.807, 2.05) is 6.92 Å². The Morgan fingerprint density at radius 3 is 2.75 bits per heavy atom. The number of hydrogen-bond acceptors (Lipinski definition) is 2. The molecule has 0 spiro atoms. The fraction of sp³-hybridized carbons (Fsp3) is 0.200. The van der Waals surface area contributed by atoms with Crippen LogP contribution in [0.1, 0.15) is 12.7 Å². The van der Waals surface area contributed by atoms with E-state index in [0.29, 0.717) is 17.3 Å². The third kappa shape index (κ3) is 1.90. The SMILES string of the molecule is CCc1nnc(Cl)n1-c1cc(Cl)ccc1F. The first kappa shape index (κ1) is 11.4. The second-order valence-electron chi connectivity index (χ2n) is 3.17. The third-order valence-corrected chi connectivity index (χ3v) is 2.64. The predicted molar refractivity (Wildman–Crippen MR) is 60.7 cm³/mol. The maximum absolute atomic E-state index is 13.6. The Hall–Kier alpha value is -1.13. The van der Waals surface area contributed by atoms with Crippen LogP contribution < -0.4 is 0 Å². The highest BCUT2D eigenvalue weighted by Crippen LogP contribution is 2.23. The van der Waals surface area contributed by atoms with Crippen LogP contribution in [0, 0.1) is 5.82 Å². The fourth-order valence-corrected chi connectivity index (χ4v) is 1.81. The zero-order chi connectivity index (χ0) is 11.7. The van der Waals surface area contributed by atoms with E-state index in [4.69, 9.17) is 23.2 Å². The molecule has 0 unspecified atom stereocenters. The van der Waals surface area contributed by atoms with Crippen LogP contribution in [-0.4, -0.2) is 14.8 Å². The number of halogens is 3. The lowest BCUT2D eigenvalue weighted by atomic mass is 10.3. The highest BCUT2D eigenvalue weighted by atomic mass is 35.5. The van der Waals surface area contributed by atoms with Crippen molar-refractivity contribution in [3.8, 4) is 5.69 Å². The first-order chi connectivity index (χ1) is 7.63. The molecule has 16 heavy (non-hydrogen) atoms. The minimum Gasteiger partial charge on any atom is -0.267 e. The summed E-state index contributed by atoms with van der Waals surface area (Å²) in [4.78, 5) is 0. The van der Waals surface area contributed by atoms with Gasteiger partial charge in [-0.1, -0.05) is 18.5 Å². The van der Waals surface area contributed by atoms with Crippen LogP contribution in [0.3, 0.4) is 0 Å². The van der Waals surface area contributed by atoms with E-state index in [2.05, 4.69) is 10.2 Å². The van der Waals surface area contributed by atoms with Gasteiger partial charge < -0.3 is 0 Å². The number of rotatable bonds is 2. The molecule has 1 aromatic heterocycles. The van der Waals surface area contributed by atoms with Gasteiger partial charge >= 0.3 is 0 Å². The summed E-state index contributed by atoms with van der Waals surface area (Å²) in [6, 6.07) is 4.25. The topological polar surface area (TPSA) is 30.7 Å². The standard InChI is InChI=1S/C10H8Cl2FN3/c1-2-9-14-15-10(12)16(9)8-5-6(11)3-4-7(8)13/h3-5H,2H2,1H3. The van der Waals surface area contributed by atoms with E-state index in [0.717, 1.165) is 0 Å². The number of nitrogens with zero attached hydrogens (tertiary/aromatic N) is 3. The Morgan fingerprint density at radius 1 is 1.31 bits per heavy atom. The van der Waals surface area contributed by atoms with Gasteiger partial charge in [-0.2, -0.15) is 0 Å². The van der Waals surface area contributed by atoms with Crippen LogP contribution in [0.2, 0.25) is 10.3 Å². The minimum absolute atomic E-state index is 0.123. The van der Waals surface area contributed by atoms with Crippen molar-refractivity contribution in [1.82, 2.24) is 14.8 Å². The quantitative estimate of drug-likeness (QED) is 0.829. The molecule has 0 radical (unpaired) electrons. The zero-order valence-electron chi connectivity index (χ0n) is 8.41. The molecule has 2 aromatic rings. The highest BCUT2D eigenvalue weighted by molar-refractivity contribution is 6.31. The van der Waals surface area contributed by atoms with E-state index < -0.39 is 5.82 Å². The summed E-state index contributed by atoms with van der Waals surface area (Å²) in [5, 5.41) is 8.11. The van der Waals surface area contributed by atoms with Crippen molar-refractivity contribution in [1.29, 1.82) is 0 Å². The van der Waals surface area contributed by atoms with E-state index >= 15 is 0 Å². The summed E-state index contributed by atoms with van der Waals surface area (Å²) in [6.45, 7) is 1.89. The number of hydrogen-bond donors (Lipinski definition) is 0. The molecule has 1 aromatic carbocycles. The van der Waals surface area contributed by atoms with Gasteiger partial charge in [-0.25, -0.2) is 4.39 Å². The summed E-state index contributed by atoms with van der Waals surface area (Å²) in [5.41, 5.74) is 0.263. The zero-order valence-corrected chi connectivity index (χ0v) is 9.93. The molecule has 0 fully saturated rings. The van der Waals surface area contributed by atoms with Gasteiger partial charge in [0.1, 0.15) is 11.6 Å². The molecule has 0 saturated carbocycles. The molecule has 1 heterocycles. The molecule has 2 rings (SSSR count). The molecule has 3 nitrogen and oxygen atoms in total. The molecule has 6 heteroatoms. The average Bonchev–Trinajstić information content (AvgIpc) is 2.63. The van der Waals surface area contributed by atoms with E-state index in [1.165, 1.54) is 22.8 Å². The maximum atomic E-state index is 13.6. The van der Waals surface area contributed by atoms with Crippen LogP contribution in [-0.2, 0) is 6.42 Å². The molecular formula is C10H8Cl2FN3. The molecular weight excluding hydrogens is 252 g/mol. The van der Waals surface area contributed by atoms with Crippen LogP contribution >= 0.6 is 23.2 Å². The Morgan fingerprint density at radius 2 is 2.06 bits per heavy atom. The van der Waals surface area contributed by atoms with Gasteiger partial charge in [0.15, 0.2) is 0 Å². The van der Waals surface area contributed by atoms with Crippen LogP contribution in [0.15, 0.2) is 18.2 Å². The monoisotopic (exact) mass is 259 g/mol. The van der Waals surface area contributed by atoms with Gasteiger partial charge in [-0.3, -0.25) is 4.57 Å². The van der Waals surface area contributed by atoms with Crippen LogP contribution in [0.25, 0.3) is 5.69 Å². The van der Waals surface area contributed by atoms with Crippen molar-refractivity contribution in [2.24, 2.45) is 0 Å². The summed E-state index contributed by atoms with van der Waals surface area (Å²) in [5.74, 6) is 0.173. The van der Waals surface area contributed by atoms with E-state index in [9.17, 15) is 4.39 Å². The minimum atomic E-state index is -0.416. The van der Waals surface area contributed by atoms with Gasteiger partial charge in [0.25, 0.3) is 0 Å². The smallest absolute Gasteiger partial charge is 0.229 e. The predicted octanol–water partition coefficient (Wildman–Crippen LogP) is 3.28. The van der Waals surface area contributed by atoms with E-state index in [1.54, 1.807) is 0 Å². The molecule has 84 valence electrons. The van der Waals surface area contributed by atoms with Gasteiger partial charge in [0, 0.05) is 11.4 Å². The lowest BCUT2D eigenvalue weighted by Gasteiger charge is -2.07. The molecule has 0 amide bonds. The second kappa shape index (κ2) is 4.39. The average molecular weight is 260 g/mol. The number of benzene rings is 1. The Labute approximate surface area is 102 Å². The van der Waals surface area contributed by atoms with Gasteiger partial charge in [-0.05, 0) is 29.8 Å². The molecule has 0 aliphatic carbocycles. The summed E-state index contributed by atoms with van der Waals surface area (Å²) >= 11 is 11.7. The van der Waals surface area contributed by atoms with Crippen molar-refractivity contribution in [2.45, 2.75) is 13.3 Å². The summed E-state index contributed by atoms with van der Waals surface area (Å²) in [6.07, 6.45) is 0.603. The van der Waals surface area contributed by atoms with Gasteiger partial charge in [-0.15, -0.1) is 10.2 Å². The molecule has 0 aliphatic rings. The lowest BCUT2D eigenvalue weighted by Crippen LogP contribution is -2.02. The van der Waals surface area contributed by atoms with Gasteiger partial charge in [0.2, 0.25) is 5.28 Å². The summed E-state index contributed by atoms with van der Waals surface area (Å²) in [7, 11) is 0. The number of aromatic nitrogens is 3. The second-order valence-corrected chi connectivity index (χ2v) is 3.94.